The Morgan fingerprint density at radius 1 is 1.02 bits per heavy atom. The molecule has 0 radical (unpaired) electrons. The van der Waals surface area contributed by atoms with Crippen LogP contribution < -0.4 is 10.1 Å². The lowest BCUT2D eigenvalue weighted by atomic mass is 10.1. The molecule has 3 aromatic carbocycles. The van der Waals surface area contributed by atoms with Gasteiger partial charge in [-0.15, -0.1) is 0 Å². The fourth-order valence-electron chi connectivity index (χ4n) is 4.91. The molecule has 212 valence electrons. The molecule has 0 spiro atoms. The molecule has 2 heterocycles. The highest BCUT2D eigenvalue weighted by atomic mass is 16.5. The molecular formula is C33H36N4O4. The molecule has 1 aliphatic rings. The highest BCUT2D eigenvalue weighted by Gasteiger charge is 2.26. The third kappa shape index (κ3) is 6.66. The SMILES string of the molecule is COc1ccc(-c2cn(-c3ccc(C)c(C)c3)c(NC(=O)CN(C[C@@H]3CCCO3)C(=O)c3ccc(C)cc3)n2)cc1. The van der Waals surface area contributed by atoms with E-state index in [1.807, 2.05) is 66.2 Å². The van der Waals surface area contributed by atoms with E-state index in [1.54, 1.807) is 24.1 Å². The second-order valence-electron chi connectivity index (χ2n) is 10.6. The number of carbonyl (C=O) groups is 2. The Morgan fingerprint density at radius 3 is 2.44 bits per heavy atom. The van der Waals surface area contributed by atoms with Crippen LogP contribution in [-0.4, -0.2) is 59.2 Å². The van der Waals surface area contributed by atoms with E-state index in [0.717, 1.165) is 41.0 Å². The first kappa shape index (κ1) is 28.1. The normalized spacial score (nSPS) is 14.6. The molecule has 2 amide bonds. The minimum absolute atomic E-state index is 0.0867. The number of carbonyl (C=O) groups excluding carboxylic acids is 2. The van der Waals surface area contributed by atoms with Crippen molar-refractivity contribution in [2.75, 3.05) is 32.1 Å². The number of hydrogen-bond acceptors (Lipinski definition) is 5. The molecule has 0 aliphatic carbocycles. The lowest BCUT2D eigenvalue weighted by Gasteiger charge is -2.25. The van der Waals surface area contributed by atoms with E-state index < -0.39 is 0 Å². The summed E-state index contributed by atoms with van der Waals surface area (Å²) in [6.07, 6.45) is 3.63. The third-order valence-corrected chi connectivity index (χ3v) is 7.48. The number of imidazole rings is 1. The molecule has 8 heteroatoms. The van der Waals surface area contributed by atoms with Gasteiger partial charge < -0.3 is 14.4 Å². The average molecular weight is 553 g/mol. The van der Waals surface area contributed by atoms with Crippen LogP contribution in [-0.2, 0) is 9.53 Å². The molecule has 8 nitrogen and oxygen atoms in total. The van der Waals surface area contributed by atoms with E-state index >= 15 is 0 Å². The standard InChI is InChI=1S/C33H36N4O4/c1-22-7-10-26(11-8-22)32(39)36(19-29-6-5-17-41-29)21-31(38)35-33-34-30(25-12-15-28(40-4)16-13-25)20-37(33)27-14-9-23(2)24(3)18-27/h7-16,18,20,29H,5-6,17,19,21H2,1-4H3,(H,34,35,38)/t29-/m0/s1. The smallest absolute Gasteiger partial charge is 0.254 e. The van der Waals surface area contributed by atoms with E-state index in [4.69, 9.17) is 14.5 Å². The maximum Gasteiger partial charge on any atom is 0.254 e. The number of nitrogens with zero attached hydrogens (tertiary/aromatic N) is 3. The van der Waals surface area contributed by atoms with Gasteiger partial charge >= 0.3 is 0 Å². The topological polar surface area (TPSA) is 85.7 Å². The highest BCUT2D eigenvalue weighted by Crippen LogP contribution is 2.27. The molecule has 1 aromatic heterocycles. The molecule has 1 fully saturated rings. The molecular weight excluding hydrogens is 516 g/mol. The van der Waals surface area contributed by atoms with Crippen molar-refractivity contribution in [2.24, 2.45) is 0 Å². The maximum absolute atomic E-state index is 13.5. The van der Waals surface area contributed by atoms with Crippen LogP contribution in [0.3, 0.4) is 0 Å². The lowest BCUT2D eigenvalue weighted by Crippen LogP contribution is -2.42. The summed E-state index contributed by atoms with van der Waals surface area (Å²) in [5, 5.41) is 2.98. The zero-order valence-corrected chi connectivity index (χ0v) is 24.0. The van der Waals surface area contributed by atoms with Gasteiger partial charge in [-0.3, -0.25) is 19.5 Å². The van der Waals surface area contributed by atoms with Crippen molar-refractivity contribution in [3.05, 3.63) is 95.2 Å². The third-order valence-electron chi connectivity index (χ3n) is 7.48. The minimum atomic E-state index is -0.333. The molecule has 4 aromatic rings. The van der Waals surface area contributed by atoms with Crippen LogP contribution in [0.2, 0.25) is 0 Å². The molecule has 0 saturated carbocycles. The number of nitrogens with one attached hydrogen (secondary N) is 1. The zero-order chi connectivity index (χ0) is 28.9. The summed E-state index contributed by atoms with van der Waals surface area (Å²) in [6, 6.07) is 21.1. The van der Waals surface area contributed by atoms with Crippen LogP contribution in [0.15, 0.2) is 72.9 Å². The summed E-state index contributed by atoms with van der Waals surface area (Å²) in [6.45, 7) is 6.99. The fourth-order valence-corrected chi connectivity index (χ4v) is 4.91. The van der Waals surface area contributed by atoms with Gasteiger partial charge in [-0.2, -0.15) is 0 Å². The van der Waals surface area contributed by atoms with Crippen molar-refractivity contribution in [3.63, 3.8) is 0 Å². The van der Waals surface area contributed by atoms with Crippen molar-refractivity contribution in [2.45, 2.75) is 39.7 Å². The van der Waals surface area contributed by atoms with Crippen LogP contribution in [0, 0.1) is 20.8 Å². The Kier molecular flexibility index (Phi) is 8.50. The summed E-state index contributed by atoms with van der Waals surface area (Å²) in [7, 11) is 1.63. The number of aryl methyl sites for hydroxylation is 3. The highest BCUT2D eigenvalue weighted by molar-refractivity contribution is 5.99. The quantitative estimate of drug-likeness (QED) is 0.287. The minimum Gasteiger partial charge on any atom is -0.497 e. The molecule has 1 saturated heterocycles. The predicted molar refractivity (Wildman–Crippen MR) is 160 cm³/mol. The number of ether oxygens (including phenoxy) is 2. The summed E-state index contributed by atoms with van der Waals surface area (Å²) in [5.74, 6) is 0.594. The number of hydrogen-bond donors (Lipinski definition) is 1. The second kappa shape index (κ2) is 12.4. The van der Waals surface area contributed by atoms with Crippen molar-refractivity contribution in [1.29, 1.82) is 0 Å². The second-order valence-corrected chi connectivity index (χ2v) is 10.6. The Hall–Kier alpha value is -4.43. The van der Waals surface area contributed by atoms with Crippen molar-refractivity contribution in [3.8, 4) is 22.7 Å². The van der Waals surface area contributed by atoms with Gasteiger partial charge in [0.1, 0.15) is 12.3 Å². The first-order chi connectivity index (χ1) is 19.8. The van der Waals surface area contributed by atoms with Gasteiger partial charge in [0.2, 0.25) is 11.9 Å². The molecule has 0 unspecified atom stereocenters. The number of rotatable bonds is 9. The van der Waals surface area contributed by atoms with Gasteiger partial charge in [-0.25, -0.2) is 4.98 Å². The number of benzene rings is 3. The number of amides is 2. The Morgan fingerprint density at radius 2 is 1.78 bits per heavy atom. The van der Waals surface area contributed by atoms with E-state index in [9.17, 15) is 9.59 Å². The molecule has 1 aliphatic heterocycles. The largest absolute Gasteiger partial charge is 0.497 e. The van der Waals surface area contributed by atoms with Gasteiger partial charge in [0.15, 0.2) is 0 Å². The van der Waals surface area contributed by atoms with Crippen LogP contribution in [0.25, 0.3) is 16.9 Å². The molecule has 1 atom stereocenters. The van der Waals surface area contributed by atoms with Gasteiger partial charge in [-0.1, -0.05) is 23.8 Å². The van der Waals surface area contributed by atoms with Crippen LogP contribution in [0.4, 0.5) is 5.95 Å². The summed E-state index contributed by atoms with van der Waals surface area (Å²) >= 11 is 0. The fraction of sp³-hybridized carbons (Fsp3) is 0.303. The number of aromatic nitrogens is 2. The molecule has 41 heavy (non-hydrogen) atoms. The Balaban J connectivity index is 1.43. The summed E-state index contributed by atoms with van der Waals surface area (Å²) < 4.78 is 13.0. The first-order valence-electron chi connectivity index (χ1n) is 13.9. The van der Waals surface area contributed by atoms with E-state index in [1.165, 1.54) is 5.56 Å². The molecule has 5 rings (SSSR count). The summed E-state index contributed by atoms with van der Waals surface area (Å²) in [4.78, 5) is 33.4. The van der Waals surface area contributed by atoms with Crippen molar-refractivity contribution >= 4 is 17.8 Å². The first-order valence-corrected chi connectivity index (χ1v) is 13.9. The summed E-state index contributed by atoms with van der Waals surface area (Å²) in [5.41, 5.74) is 6.38. The average Bonchev–Trinajstić information content (AvgIpc) is 3.64. The van der Waals surface area contributed by atoms with E-state index in [0.29, 0.717) is 30.4 Å². The van der Waals surface area contributed by atoms with Crippen molar-refractivity contribution in [1.82, 2.24) is 14.5 Å². The monoisotopic (exact) mass is 552 g/mol. The maximum atomic E-state index is 13.5. The van der Waals surface area contributed by atoms with Crippen molar-refractivity contribution < 1.29 is 19.1 Å². The van der Waals surface area contributed by atoms with Crippen LogP contribution >= 0.6 is 0 Å². The number of methoxy groups -OCH3 is 1. The van der Waals surface area contributed by atoms with Crippen LogP contribution in [0.1, 0.15) is 39.9 Å². The Bertz CT molecular complexity index is 1520. The van der Waals surface area contributed by atoms with E-state index in [2.05, 4.69) is 25.2 Å². The Labute approximate surface area is 240 Å². The number of anilines is 1. The van der Waals surface area contributed by atoms with Gasteiger partial charge in [0.25, 0.3) is 5.91 Å². The zero-order valence-electron chi connectivity index (χ0n) is 24.0. The van der Waals surface area contributed by atoms with E-state index in [-0.39, 0.29) is 24.5 Å². The van der Waals surface area contributed by atoms with Crippen LogP contribution in [0.5, 0.6) is 5.75 Å². The lowest BCUT2D eigenvalue weighted by molar-refractivity contribution is -0.117. The van der Waals surface area contributed by atoms with Gasteiger partial charge in [0, 0.05) is 36.2 Å². The molecule has 1 N–H and O–H groups in total. The molecule has 0 bridgehead atoms. The van der Waals surface area contributed by atoms with Gasteiger partial charge in [0.05, 0.1) is 18.9 Å². The van der Waals surface area contributed by atoms with Gasteiger partial charge in [-0.05, 0) is 93.3 Å². The predicted octanol–water partition coefficient (Wildman–Crippen LogP) is 5.73.